The number of aliphatic hydroxyl groups is 2. The molecule has 1 aliphatic rings. The van der Waals surface area contributed by atoms with Gasteiger partial charge in [-0.05, 0) is 19.3 Å². The van der Waals surface area contributed by atoms with Crippen LogP contribution in [0.2, 0.25) is 0 Å². The molecule has 0 saturated carbocycles. The summed E-state index contributed by atoms with van der Waals surface area (Å²) in [4.78, 5) is 0. The van der Waals surface area contributed by atoms with Crippen LogP contribution in [0.4, 0.5) is 0 Å². The Morgan fingerprint density at radius 3 is 2.27 bits per heavy atom. The van der Waals surface area contributed by atoms with Crippen molar-refractivity contribution in [1.82, 2.24) is 0 Å². The second kappa shape index (κ2) is 7.17. The number of hydrogen-bond donors (Lipinski definition) is 2. The first-order chi connectivity index (χ1) is 6.87. The highest BCUT2D eigenvalue weighted by Crippen LogP contribution is 2.15. The van der Waals surface area contributed by atoms with E-state index in [1.807, 2.05) is 13.8 Å². The van der Waals surface area contributed by atoms with Crippen LogP contribution in [-0.2, 0) is 9.47 Å². The van der Waals surface area contributed by atoms with Crippen molar-refractivity contribution in [3.05, 3.63) is 0 Å². The summed E-state index contributed by atoms with van der Waals surface area (Å²) < 4.78 is 9.61. The summed E-state index contributed by atoms with van der Waals surface area (Å²) in [5.74, 6) is -0.464. The molecule has 92 valence electrons. The molecule has 1 heterocycles. The van der Waals surface area contributed by atoms with E-state index < -0.39 is 5.79 Å². The van der Waals surface area contributed by atoms with E-state index in [1.165, 1.54) is 7.11 Å². The predicted octanol–water partition coefficient (Wildman–Crippen LogP) is 1.16. The van der Waals surface area contributed by atoms with Crippen molar-refractivity contribution < 1.29 is 19.7 Å². The Morgan fingerprint density at radius 2 is 2.13 bits per heavy atom. The van der Waals surface area contributed by atoms with Crippen LogP contribution in [0.15, 0.2) is 0 Å². The fraction of sp³-hybridized carbons (Fsp3) is 1.00. The van der Waals surface area contributed by atoms with Gasteiger partial charge in [-0.2, -0.15) is 0 Å². The second-order valence-electron chi connectivity index (χ2n) is 4.49. The quantitative estimate of drug-likeness (QED) is 0.701. The molecule has 2 atom stereocenters. The van der Waals surface area contributed by atoms with Gasteiger partial charge >= 0.3 is 0 Å². The van der Waals surface area contributed by atoms with Crippen LogP contribution < -0.4 is 0 Å². The van der Waals surface area contributed by atoms with Crippen molar-refractivity contribution in [2.75, 3.05) is 20.3 Å². The van der Waals surface area contributed by atoms with E-state index in [0.717, 1.165) is 13.0 Å². The lowest BCUT2D eigenvalue weighted by molar-refractivity contribution is -0.180. The molecule has 0 aliphatic carbocycles. The van der Waals surface area contributed by atoms with E-state index in [4.69, 9.17) is 14.6 Å². The summed E-state index contributed by atoms with van der Waals surface area (Å²) in [6.07, 6.45) is 1.33. The van der Waals surface area contributed by atoms with Gasteiger partial charge in [0.05, 0.1) is 12.7 Å². The van der Waals surface area contributed by atoms with Gasteiger partial charge in [0.1, 0.15) is 0 Å². The molecule has 0 aromatic carbocycles. The molecular formula is C11H24O4. The number of rotatable bonds is 3. The lowest BCUT2D eigenvalue weighted by Crippen LogP contribution is -2.28. The minimum absolute atomic E-state index is 0.176. The molecule has 0 radical (unpaired) electrons. The van der Waals surface area contributed by atoms with Crippen LogP contribution in [0.25, 0.3) is 0 Å². The average Bonchev–Trinajstić information content (AvgIpc) is 2.55. The van der Waals surface area contributed by atoms with Crippen LogP contribution in [0, 0.1) is 5.92 Å². The maximum absolute atomic E-state index is 9.27. The molecule has 4 heteroatoms. The van der Waals surface area contributed by atoms with Crippen molar-refractivity contribution in [2.45, 2.75) is 45.5 Å². The van der Waals surface area contributed by atoms with Crippen molar-refractivity contribution in [3.63, 3.8) is 0 Å². The molecule has 4 nitrogen and oxygen atoms in total. The molecule has 0 bridgehead atoms. The third-order valence-electron chi connectivity index (χ3n) is 2.13. The topological polar surface area (TPSA) is 58.9 Å². The van der Waals surface area contributed by atoms with Crippen LogP contribution in [0.1, 0.15) is 33.6 Å². The molecule has 1 aliphatic heterocycles. The van der Waals surface area contributed by atoms with Crippen LogP contribution in [-0.4, -0.2) is 42.4 Å². The lowest BCUT2D eigenvalue weighted by atomic mass is 10.0. The fourth-order valence-electron chi connectivity index (χ4n) is 1.36. The summed E-state index contributed by atoms with van der Waals surface area (Å²) in [7, 11) is 1.52. The van der Waals surface area contributed by atoms with E-state index in [0.29, 0.717) is 18.9 Å². The summed E-state index contributed by atoms with van der Waals surface area (Å²) >= 11 is 0. The van der Waals surface area contributed by atoms with Crippen molar-refractivity contribution in [3.8, 4) is 0 Å². The normalized spacial score (nSPS) is 24.6. The summed E-state index contributed by atoms with van der Waals surface area (Å²) in [6.45, 7) is 7.05. The first-order valence-electron chi connectivity index (χ1n) is 5.40. The SMILES string of the molecule is COC(C)(O)CC(C)C.OC1CCOC1. The van der Waals surface area contributed by atoms with Gasteiger partial charge in [-0.3, -0.25) is 0 Å². The van der Waals surface area contributed by atoms with Gasteiger partial charge in [-0.1, -0.05) is 13.8 Å². The highest BCUT2D eigenvalue weighted by Gasteiger charge is 2.19. The van der Waals surface area contributed by atoms with Crippen molar-refractivity contribution in [2.24, 2.45) is 5.92 Å². The Hall–Kier alpha value is -0.160. The first-order valence-corrected chi connectivity index (χ1v) is 5.40. The predicted molar refractivity (Wildman–Crippen MR) is 58.5 cm³/mol. The van der Waals surface area contributed by atoms with Gasteiger partial charge in [0, 0.05) is 20.1 Å². The Kier molecular flexibility index (Phi) is 7.09. The molecule has 0 aromatic heterocycles. The average molecular weight is 220 g/mol. The Morgan fingerprint density at radius 1 is 1.53 bits per heavy atom. The third kappa shape index (κ3) is 8.81. The highest BCUT2D eigenvalue weighted by molar-refractivity contribution is 4.60. The zero-order chi connectivity index (χ0) is 11.9. The fourth-order valence-corrected chi connectivity index (χ4v) is 1.36. The maximum atomic E-state index is 9.27. The van der Waals surface area contributed by atoms with E-state index in [2.05, 4.69) is 0 Å². The van der Waals surface area contributed by atoms with Gasteiger partial charge in [0.2, 0.25) is 0 Å². The van der Waals surface area contributed by atoms with E-state index >= 15 is 0 Å². The zero-order valence-electron chi connectivity index (χ0n) is 10.2. The standard InChI is InChI=1S/C7H16O2.C4H8O2/c1-6(2)5-7(3,8)9-4;5-4-1-2-6-3-4/h6,8H,5H2,1-4H3;4-5H,1-3H2. The van der Waals surface area contributed by atoms with Crippen molar-refractivity contribution in [1.29, 1.82) is 0 Å². The minimum atomic E-state index is -0.936. The first kappa shape index (κ1) is 14.8. The van der Waals surface area contributed by atoms with Crippen molar-refractivity contribution >= 4 is 0 Å². The van der Waals surface area contributed by atoms with E-state index in [-0.39, 0.29) is 6.10 Å². The smallest absolute Gasteiger partial charge is 0.162 e. The molecule has 0 amide bonds. The Labute approximate surface area is 92.2 Å². The Bertz CT molecular complexity index is 151. The molecule has 15 heavy (non-hydrogen) atoms. The number of aliphatic hydroxyl groups excluding tert-OH is 1. The molecular weight excluding hydrogens is 196 g/mol. The van der Waals surface area contributed by atoms with E-state index in [1.54, 1.807) is 6.92 Å². The molecule has 0 spiro atoms. The van der Waals surface area contributed by atoms with E-state index in [9.17, 15) is 5.11 Å². The zero-order valence-corrected chi connectivity index (χ0v) is 10.2. The summed E-state index contributed by atoms with van der Waals surface area (Å²) in [5.41, 5.74) is 0. The monoisotopic (exact) mass is 220 g/mol. The lowest BCUT2D eigenvalue weighted by Gasteiger charge is -2.22. The van der Waals surface area contributed by atoms with Gasteiger partial charge in [0.25, 0.3) is 0 Å². The van der Waals surface area contributed by atoms with Gasteiger partial charge in [0.15, 0.2) is 5.79 Å². The van der Waals surface area contributed by atoms with Crippen LogP contribution >= 0.6 is 0 Å². The number of ether oxygens (including phenoxy) is 2. The van der Waals surface area contributed by atoms with Crippen LogP contribution in [0.5, 0.6) is 0 Å². The molecule has 1 fully saturated rings. The molecule has 1 rings (SSSR count). The summed E-state index contributed by atoms with van der Waals surface area (Å²) in [6, 6.07) is 0. The number of hydrogen-bond acceptors (Lipinski definition) is 4. The largest absolute Gasteiger partial charge is 0.391 e. The summed E-state index contributed by atoms with van der Waals surface area (Å²) in [5, 5.41) is 17.9. The third-order valence-corrected chi connectivity index (χ3v) is 2.13. The maximum Gasteiger partial charge on any atom is 0.162 e. The molecule has 0 aromatic rings. The second-order valence-corrected chi connectivity index (χ2v) is 4.49. The van der Waals surface area contributed by atoms with Gasteiger partial charge in [-0.15, -0.1) is 0 Å². The highest BCUT2D eigenvalue weighted by atomic mass is 16.6. The molecule has 1 saturated heterocycles. The number of methoxy groups -OCH3 is 1. The van der Waals surface area contributed by atoms with Crippen LogP contribution in [0.3, 0.4) is 0 Å². The van der Waals surface area contributed by atoms with Gasteiger partial charge < -0.3 is 19.7 Å². The van der Waals surface area contributed by atoms with Gasteiger partial charge in [-0.25, -0.2) is 0 Å². The molecule has 2 N–H and O–H groups in total. The Balaban J connectivity index is 0.000000280. The minimum Gasteiger partial charge on any atom is -0.391 e. The molecule has 2 unspecified atom stereocenters.